The molecule has 0 aromatic carbocycles. The van der Waals surface area contributed by atoms with Gasteiger partial charge in [-0.05, 0) is 71.6 Å². The van der Waals surface area contributed by atoms with Gasteiger partial charge in [0.25, 0.3) is 0 Å². The highest BCUT2D eigenvalue weighted by molar-refractivity contribution is 5.48. The number of hydrogen-bond donors (Lipinski definition) is 1. The fourth-order valence-electron chi connectivity index (χ4n) is 6.12. The fraction of sp³-hybridized carbons (Fsp3) is 0.679. The van der Waals surface area contributed by atoms with E-state index in [0.29, 0.717) is 23.9 Å². The number of anilines is 1. The van der Waals surface area contributed by atoms with E-state index in [4.69, 9.17) is 4.98 Å². The highest BCUT2D eigenvalue weighted by Crippen LogP contribution is 2.54. The first-order chi connectivity index (χ1) is 15.3. The van der Waals surface area contributed by atoms with Crippen LogP contribution in [0.25, 0.3) is 0 Å². The molecule has 1 aliphatic heterocycles. The quantitative estimate of drug-likeness (QED) is 0.705. The third kappa shape index (κ3) is 4.28. The van der Waals surface area contributed by atoms with Gasteiger partial charge in [-0.3, -0.25) is 4.90 Å². The van der Waals surface area contributed by atoms with E-state index in [1.807, 2.05) is 0 Å². The van der Waals surface area contributed by atoms with Gasteiger partial charge in [0.05, 0.1) is 0 Å². The average Bonchev–Trinajstić information content (AvgIpc) is 3.55. The van der Waals surface area contributed by atoms with Crippen LogP contribution in [0, 0.1) is 22.7 Å². The van der Waals surface area contributed by atoms with E-state index < -0.39 is 0 Å². The number of allylic oxidation sites excluding steroid dienone is 4. The second kappa shape index (κ2) is 8.29. The molecule has 1 aromatic heterocycles. The van der Waals surface area contributed by atoms with Crippen molar-refractivity contribution in [1.82, 2.24) is 9.88 Å². The molecule has 1 N–H and O–H groups in total. The summed E-state index contributed by atoms with van der Waals surface area (Å²) < 4.78 is 0. The molecule has 3 atom stereocenters. The first kappa shape index (κ1) is 22.2. The van der Waals surface area contributed by atoms with Gasteiger partial charge in [-0.25, -0.2) is 4.98 Å². The summed E-state index contributed by atoms with van der Waals surface area (Å²) in [7, 11) is 0. The van der Waals surface area contributed by atoms with Crippen molar-refractivity contribution in [3.05, 3.63) is 47.2 Å². The van der Waals surface area contributed by atoms with Gasteiger partial charge in [-0.15, -0.1) is 0 Å². The maximum atomic E-state index is 9.31. The molecule has 32 heavy (non-hydrogen) atoms. The molecule has 4 nitrogen and oxygen atoms in total. The Bertz CT molecular complexity index is 907. The molecule has 0 radical (unpaired) electrons. The van der Waals surface area contributed by atoms with E-state index >= 15 is 0 Å². The zero-order chi connectivity index (χ0) is 22.5. The lowest BCUT2D eigenvalue weighted by molar-refractivity contribution is 0.224. The zero-order valence-corrected chi connectivity index (χ0v) is 20.5. The molecule has 4 heteroatoms. The minimum Gasteiger partial charge on any atom is -0.396 e. The fourth-order valence-corrected chi connectivity index (χ4v) is 6.12. The second-order valence-corrected chi connectivity index (χ2v) is 12.0. The van der Waals surface area contributed by atoms with Gasteiger partial charge in [0.2, 0.25) is 0 Å². The van der Waals surface area contributed by atoms with Gasteiger partial charge in [0.15, 0.2) is 0 Å². The normalized spacial score (nSPS) is 31.5. The lowest BCUT2D eigenvalue weighted by atomic mass is 9.58. The minimum atomic E-state index is 0.255. The molecule has 3 aliphatic carbocycles. The molecule has 0 amide bonds. The Kier molecular flexibility index (Phi) is 5.74. The molecular weight excluding hydrogens is 394 g/mol. The lowest BCUT2D eigenvalue weighted by Gasteiger charge is -2.46. The molecular formula is C28H41N3O. The second-order valence-electron chi connectivity index (χ2n) is 12.0. The first-order valence-corrected chi connectivity index (χ1v) is 12.8. The summed E-state index contributed by atoms with van der Waals surface area (Å²) in [6.45, 7) is 15.5. The molecule has 174 valence electrons. The summed E-state index contributed by atoms with van der Waals surface area (Å²) in [6, 6.07) is 6.61. The highest BCUT2D eigenvalue weighted by atomic mass is 16.3. The van der Waals surface area contributed by atoms with E-state index in [9.17, 15) is 5.11 Å². The summed E-state index contributed by atoms with van der Waals surface area (Å²) in [5.74, 6) is 2.80. The molecule has 5 rings (SSSR count). The maximum absolute atomic E-state index is 9.31. The molecule has 1 saturated heterocycles. The number of nitrogens with zero attached hydrogens (tertiary/aromatic N) is 3. The zero-order valence-electron chi connectivity index (χ0n) is 20.5. The number of piperazine rings is 1. The van der Waals surface area contributed by atoms with E-state index in [1.54, 1.807) is 11.1 Å². The number of aliphatic hydroxyl groups excluding tert-OH is 1. The summed E-state index contributed by atoms with van der Waals surface area (Å²) in [4.78, 5) is 10.2. The maximum Gasteiger partial charge on any atom is 0.128 e. The van der Waals surface area contributed by atoms with Crippen molar-refractivity contribution in [2.75, 3.05) is 44.2 Å². The molecule has 0 spiro atoms. The van der Waals surface area contributed by atoms with Crippen molar-refractivity contribution in [3.8, 4) is 0 Å². The van der Waals surface area contributed by atoms with Gasteiger partial charge in [-0.1, -0.05) is 45.9 Å². The predicted octanol–water partition coefficient (Wildman–Crippen LogP) is 5.02. The minimum absolute atomic E-state index is 0.255. The summed E-state index contributed by atoms with van der Waals surface area (Å²) in [5, 5.41) is 9.31. The van der Waals surface area contributed by atoms with Crippen LogP contribution in [0.4, 0.5) is 5.82 Å². The van der Waals surface area contributed by atoms with Crippen LogP contribution in [0.15, 0.2) is 41.5 Å². The number of aromatic nitrogens is 1. The Morgan fingerprint density at radius 1 is 0.969 bits per heavy atom. The van der Waals surface area contributed by atoms with Crippen molar-refractivity contribution in [2.45, 2.75) is 59.3 Å². The van der Waals surface area contributed by atoms with Crippen LogP contribution in [-0.4, -0.2) is 54.3 Å². The monoisotopic (exact) mass is 435 g/mol. The summed E-state index contributed by atoms with van der Waals surface area (Å²) >= 11 is 0. The molecule has 3 unspecified atom stereocenters. The highest BCUT2D eigenvalue weighted by Gasteiger charge is 2.41. The van der Waals surface area contributed by atoms with Gasteiger partial charge >= 0.3 is 0 Å². The number of fused-ring (bicyclic) bond motifs is 1. The molecule has 0 bridgehead atoms. The number of aliphatic hydroxyl groups is 1. The van der Waals surface area contributed by atoms with E-state index in [-0.39, 0.29) is 5.41 Å². The molecule has 2 heterocycles. The van der Waals surface area contributed by atoms with E-state index in [2.05, 4.69) is 67.8 Å². The molecule has 4 aliphatic rings. The van der Waals surface area contributed by atoms with Gasteiger partial charge < -0.3 is 10.0 Å². The lowest BCUT2D eigenvalue weighted by Crippen LogP contribution is -2.47. The third-order valence-corrected chi connectivity index (χ3v) is 8.70. The van der Waals surface area contributed by atoms with Crippen LogP contribution in [0.1, 0.15) is 65.0 Å². The van der Waals surface area contributed by atoms with Crippen molar-refractivity contribution in [3.63, 3.8) is 0 Å². The average molecular weight is 436 g/mol. The van der Waals surface area contributed by atoms with Crippen molar-refractivity contribution in [1.29, 1.82) is 0 Å². The smallest absolute Gasteiger partial charge is 0.128 e. The van der Waals surface area contributed by atoms with Gasteiger partial charge in [-0.2, -0.15) is 0 Å². The van der Waals surface area contributed by atoms with Crippen LogP contribution >= 0.6 is 0 Å². The SMILES string of the molecule is CC1(C)CCC(C)(C)C2=CC(c3cccc(N4CCN(CC5CC5CO)CC4)n3)CC=C21. The largest absolute Gasteiger partial charge is 0.396 e. The van der Waals surface area contributed by atoms with Crippen LogP contribution in [0.3, 0.4) is 0 Å². The van der Waals surface area contributed by atoms with Crippen LogP contribution < -0.4 is 4.90 Å². The van der Waals surface area contributed by atoms with Crippen molar-refractivity contribution < 1.29 is 5.11 Å². The van der Waals surface area contributed by atoms with Crippen molar-refractivity contribution >= 4 is 5.82 Å². The van der Waals surface area contributed by atoms with Crippen LogP contribution in [0.2, 0.25) is 0 Å². The van der Waals surface area contributed by atoms with Crippen molar-refractivity contribution in [2.24, 2.45) is 22.7 Å². The predicted molar refractivity (Wildman–Crippen MR) is 132 cm³/mol. The topological polar surface area (TPSA) is 39.6 Å². The summed E-state index contributed by atoms with van der Waals surface area (Å²) in [5.41, 5.74) is 4.91. The first-order valence-electron chi connectivity index (χ1n) is 12.8. The Balaban J connectivity index is 1.27. The molecule has 2 saturated carbocycles. The molecule has 3 fully saturated rings. The Labute approximate surface area is 194 Å². The van der Waals surface area contributed by atoms with E-state index in [1.165, 1.54) is 25.0 Å². The standard InChI is InChI=1S/C28H41N3O/c1-27(2)10-11-28(3,4)24-17-20(8-9-23(24)27)25-6-5-7-26(29-25)31-14-12-30(13-15-31)18-21-16-22(21)19-32/h5-7,9,17,20-22,32H,8,10-16,18-19H2,1-4H3. The Hall–Kier alpha value is -1.65. The van der Waals surface area contributed by atoms with Crippen LogP contribution in [-0.2, 0) is 0 Å². The third-order valence-electron chi connectivity index (χ3n) is 8.70. The Morgan fingerprint density at radius 2 is 1.69 bits per heavy atom. The Morgan fingerprint density at radius 3 is 2.38 bits per heavy atom. The summed E-state index contributed by atoms with van der Waals surface area (Å²) in [6.07, 6.45) is 9.87. The number of pyridine rings is 1. The number of rotatable bonds is 5. The van der Waals surface area contributed by atoms with Gasteiger partial charge in [0, 0.05) is 50.9 Å². The molecule has 1 aromatic rings. The van der Waals surface area contributed by atoms with Crippen LogP contribution in [0.5, 0.6) is 0 Å². The number of hydrogen-bond acceptors (Lipinski definition) is 4. The van der Waals surface area contributed by atoms with Gasteiger partial charge in [0.1, 0.15) is 5.82 Å². The van der Waals surface area contributed by atoms with E-state index in [0.717, 1.165) is 50.9 Å².